The highest BCUT2D eigenvalue weighted by Crippen LogP contribution is 2.31. The molecule has 0 spiro atoms. The van der Waals surface area contributed by atoms with Gasteiger partial charge in [-0.15, -0.1) is 11.8 Å². The van der Waals surface area contributed by atoms with Crippen LogP contribution in [0.5, 0.6) is 5.75 Å². The number of carbonyl (C=O) groups excluding carboxylic acids is 1. The van der Waals surface area contributed by atoms with E-state index in [1.165, 1.54) is 37.1 Å². The number of rotatable bonds is 6. The zero-order valence-electron chi connectivity index (χ0n) is 14.5. The second-order valence-corrected chi connectivity index (χ2v) is 7.04. The van der Waals surface area contributed by atoms with Gasteiger partial charge in [0.05, 0.1) is 23.0 Å². The van der Waals surface area contributed by atoms with E-state index in [1.54, 1.807) is 6.92 Å². The summed E-state index contributed by atoms with van der Waals surface area (Å²) in [7, 11) is 1.45. The lowest BCUT2D eigenvalue weighted by Crippen LogP contribution is -2.22. The monoisotopic (exact) mass is 360 g/mol. The van der Waals surface area contributed by atoms with Gasteiger partial charge in [0.15, 0.2) is 0 Å². The largest absolute Gasteiger partial charge is 0.495 e. The number of aryl methyl sites for hydroxylation is 2. The molecular weight excluding hydrogens is 340 g/mol. The maximum Gasteiger partial charge on any atom is 0.271 e. The van der Waals surface area contributed by atoms with Gasteiger partial charge in [0.25, 0.3) is 5.69 Å². The van der Waals surface area contributed by atoms with Gasteiger partial charge in [-0.25, -0.2) is 0 Å². The van der Waals surface area contributed by atoms with Crippen molar-refractivity contribution in [3.63, 3.8) is 0 Å². The molecule has 1 unspecified atom stereocenters. The number of non-ortho nitro benzene ring substituents is 1. The fourth-order valence-corrected chi connectivity index (χ4v) is 3.27. The number of methoxy groups -OCH3 is 1. The average molecular weight is 360 g/mol. The Kier molecular flexibility index (Phi) is 6.03. The zero-order valence-corrected chi connectivity index (χ0v) is 15.3. The molecule has 0 saturated heterocycles. The number of carbonyl (C=O) groups is 1. The van der Waals surface area contributed by atoms with Crippen LogP contribution in [0.4, 0.5) is 11.4 Å². The Morgan fingerprint density at radius 2 is 1.96 bits per heavy atom. The van der Waals surface area contributed by atoms with Crippen LogP contribution in [0.2, 0.25) is 0 Å². The molecule has 2 aromatic carbocycles. The van der Waals surface area contributed by atoms with Crippen molar-refractivity contribution >= 4 is 29.0 Å². The van der Waals surface area contributed by atoms with Gasteiger partial charge in [0.2, 0.25) is 5.91 Å². The number of benzene rings is 2. The van der Waals surface area contributed by atoms with Crippen molar-refractivity contribution in [1.82, 2.24) is 0 Å². The minimum Gasteiger partial charge on any atom is -0.495 e. The second kappa shape index (κ2) is 8.02. The molecule has 0 heterocycles. The molecule has 7 heteroatoms. The van der Waals surface area contributed by atoms with Crippen molar-refractivity contribution < 1.29 is 14.5 Å². The highest BCUT2D eigenvalue weighted by Gasteiger charge is 2.19. The van der Waals surface area contributed by atoms with Gasteiger partial charge in [-0.05, 0) is 38.5 Å². The highest BCUT2D eigenvalue weighted by molar-refractivity contribution is 8.00. The Hall–Kier alpha value is -2.54. The molecule has 25 heavy (non-hydrogen) atoms. The lowest BCUT2D eigenvalue weighted by molar-refractivity contribution is -0.384. The summed E-state index contributed by atoms with van der Waals surface area (Å²) < 4.78 is 5.17. The lowest BCUT2D eigenvalue weighted by Gasteiger charge is -2.15. The van der Waals surface area contributed by atoms with Crippen LogP contribution in [0, 0.1) is 24.0 Å². The molecule has 1 amide bonds. The van der Waals surface area contributed by atoms with Crippen LogP contribution in [-0.2, 0) is 4.79 Å². The molecule has 0 aliphatic carbocycles. The Morgan fingerprint density at radius 3 is 2.60 bits per heavy atom. The Balaban J connectivity index is 2.17. The van der Waals surface area contributed by atoms with Gasteiger partial charge >= 0.3 is 0 Å². The SMILES string of the molecule is COc1ccc([N+](=O)[O-])cc1NC(=O)C(C)Sc1cc(C)ccc1C. The first-order chi connectivity index (χ1) is 11.8. The maximum absolute atomic E-state index is 12.5. The summed E-state index contributed by atoms with van der Waals surface area (Å²) in [6.07, 6.45) is 0. The average Bonchev–Trinajstić information content (AvgIpc) is 2.57. The Labute approximate surface area is 150 Å². The molecule has 2 rings (SSSR count). The van der Waals surface area contributed by atoms with E-state index in [2.05, 4.69) is 5.32 Å². The molecule has 6 nitrogen and oxygen atoms in total. The number of amides is 1. The number of nitro groups is 1. The van der Waals surface area contributed by atoms with Crippen LogP contribution >= 0.6 is 11.8 Å². The van der Waals surface area contributed by atoms with E-state index in [0.717, 1.165) is 16.0 Å². The Morgan fingerprint density at radius 1 is 1.24 bits per heavy atom. The van der Waals surface area contributed by atoms with Crippen LogP contribution < -0.4 is 10.1 Å². The van der Waals surface area contributed by atoms with Gasteiger partial charge < -0.3 is 10.1 Å². The first-order valence-electron chi connectivity index (χ1n) is 7.69. The third-order valence-electron chi connectivity index (χ3n) is 3.67. The number of hydrogen-bond acceptors (Lipinski definition) is 5. The lowest BCUT2D eigenvalue weighted by atomic mass is 10.2. The second-order valence-electron chi connectivity index (χ2n) is 5.66. The van der Waals surface area contributed by atoms with Crippen LogP contribution in [0.1, 0.15) is 18.1 Å². The zero-order chi connectivity index (χ0) is 18.6. The summed E-state index contributed by atoms with van der Waals surface area (Å²) in [5.74, 6) is 0.132. The van der Waals surface area contributed by atoms with E-state index in [9.17, 15) is 14.9 Å². The van der Waals surface area contributed by atoms with Crippen molar-refractivity contribution in [2.45, 2.75) is 30.9 Å². The molecular formula is C18H20N2O4S. The fraction of sp³-hybridized carbons (Fsp3) is 0.278. The molecule has 0 saturated carbocycles. The first-order valence-corrected chi connectivity index (χ1v) is 8.57. The quantitative estimate of drug-likeness (QED) is 0.471. The number of thioether (sulfide) groups is 1. The topological polar surface area (TPSA) is 81.5 Å². The molecule has 1 atom stereocenters. The van der Waals surface area contributed by atoms with Crippen molar-refractivity contribution in [3.8, 4) is 5.75 Å². The molecule has 132 valence electrons. The molecule has 2 aromatic rings. The molecule has 0 bridgehead atoms. The number of ether oxygens (including phenoxy) is 1. The molecule has 0 aliphatic heterocycles. The fourth-order valence-electron chi connectivity index (χ4n) is 2.22. The third-order valence-corrected chi connectivity index (χ3v) is 4.93. The number of anilines is 1. The van der Waals surface area contributed by atoms with Crippen molar-refractivity contribution in [2.75, 3.05) is 12.4 Å². The Bertz CT molecular complexity index is 808. The van der Waals surface area contributed by atoms with Crippen LogP contribution in [-0.4, -0.2) is 23.2 Å². The number of nitrogens with one attached hydrogen (secondary N) is 1. The van der Waals surface area contributed by atoms with Crippen LogP contribution in [0.3, 0.4) is 0 Å². The minimum atomic E-state index is -0.511. The summed E-state index contributed by atoms with van der Waals surface area (Å²) in [6.45, 7) is 5.80. The number of hydrogen-bond donors (Lipinski definition) is 1. The highest BCUT2D eigenvalue weighted by atomic mass is 32.2. The van der Waals surface area contributed by atoms with Gasteiger partial charge in [-0.1, -0.05) is 17.7 Å². The smallest absolute Gasteiger partial charge is 0.271 e. The van der Waals surface area contributed by atoms with Crippen molar-refractivity contribution in [1.29, 1.82) is 0 Å². The standard InChI is InChI=1S/C18H20N2O4S/c1-11-5-6-12(2)17(9-11)25-13(3)18(21)19-15-10-14(20(22)23)7-8-16(15)24-4/h5-10,13H,1-4H3,(H,19,21). The van der Waals surface area contributed by atoms with Crippen LogP contribution in [0.25, 0.3) is 0 Å². The predicted octanol–water partition coefficient (Wildman–Crippen LogP) is 4.34. The predicted molar refractivity (Wildman–Crippen MR) is 99.5 cm³/mol. The van der Waals surface area contributed by atoms with E-state index in [4.69, 9.17) is 4.74 Å². The number of nitrogens with zero attached hydrogens (tertiary/aromatic N) is 1. The van der Waals surface area contributed by atoms with Crippen LogP contribution in [0.15, 0.2) is 41.3 Å². The first kappa shape index (κ1) is 18.8. The van der Waals surface area contributed by atoms with Gasteiger partial charge in [-0.3, -0.25) is 14.9 Å². The van der Waals surface area contributed by atoms with E-state index in [-0.39, 0.29) is 22.5 Å². The molecule has 0 aromatic heterocycles. The van der Waals surface area contributed by atoms with E-state index < -0.39 is 4.92 Å². The van der Waals surface area contributed by atoms with E-state index in [0.29, 0.717) is 5.75 Å². The minimum absolute atomic E-state index is 0.106. The maximum atomic E-state index is 12.5. The summed E-state index contributed by atoms with van der Waals surface area (Å²) in [6, 6.07) is 10.2. The molecule has 1 N–H and O–H groups in total. The van der Waals surface area contributed by atoms with Crippen molar-refractivity contribution in [3.05, 3.63) is 57.6 Å². The summed E-state index contributed by atoms with van der Waals surface area (Å²) >= 11 is 1.45. The van der Waals surface area contributed by atoms with E-state index >= 15 is 0 Å². The number of nitro benzene ring substituents is 1. The molecule has 0 aliphatic rings. The van der Waals surface area contributed by atoms with Gasteiger partial charge in [-0.2, -0.15) is 0 Å². The van der Waals surface area contributed by atoms with Gasteiger partial charge in [0, 0.05) is 17.0 Å². The van der Waals surface area contributed by atoms with Gasteiger partial charge in [0.1, 0.15) is 5.75 Å². The van der Waals surface area contributed by atoms with E-state index in [1.807, 2.05) is 32.0 Å². The molecule has 0 radical (unpaired) electrons. The summed E-state index contributed by atoms with van der Waals surface area (Å²) in [5, 5.41) is 13.3. The normalized spacial score (nSPS) is 11.7. The summed E-state index contributed by atoms with van der Waals surface area (Å²) in [5.41, 5.74) is 2.41. The van der Waals surface area contributed by atoms with Crippen molar-refractivity contribution in [2.24, 2.45) is 0 Å². The summed E-state index contributed by atoms with van der Waals surface area (Å²) in [4.78, 5) is 24.0. The third kappa shape index (κ3) is 4.73. The molecule has 0 fully saturated rings.